The maximum Gasteiger partial charge on any atom is 0.417 e. The number of rotatable bonds is 3. The van der Waals surface area contributed by atoms with Crippen LogP contribution in [-0.2, 0) is 15.8 Å². The van der Waals surface area contributed by atoms with E-state index >= 15 is 0 Å². The third kappa shape index (κ3) is 2.88. The number of halogens is 3. The minimum atomic E-state index is -4.45. The van der Waals surface area contributed by atoms with E-state index in [4.69, 9.17) is 0 Å². The molecule has 8 heteroatoms. The summed E-state index contributed by atoms with van der Waals surface area (Å²) in [7, 11) is 0. The number of alkyl halides is 3. The van der Waals surface area contributed by atoms with Gasteiger partial charge in [0.15, 0.2) is 0 Å². The molecule has 0 saturated carbocycles. The third-order valence-corrected chi connectivity index (χ3v) is 3.20. The van der Waals surface area contributed by atoms with Gasteiger partial charge in [0.05, 0.1) is 12.2 Å². The van der Waals surface area contributed by atoms with Gasteiger partial charge in [-0.25, -0.2) is 4.98 Å². The fourth-order valence-electron chi connectivity index (χ4n) is 1.79. The lowest BCUT2D eigenvalue weighted by Crippen LogP contribution is -2.36. The molecule has 0 radical (unpaired) electrons. The van der Waals surface area contributed by atoms with E-state index in [1.54, 1.807) is 13.8 Å². The molecule has 0 unspecified atom stereocenters. The van der Waals surface area contributed by atoms with E-state index < -0.39 is 23.6 Å². The van der Waals surface area contributed by atoms with Gasteiger partial charge >= 0.3 is 6.18 Å². The Kier molecular flexibility index (Phi) is 3.71. The predicted octanol–water partition coefficient (Wildman–Crippen LogP) is 2.17. The van der Waals surface area contributed by atoms with Gasteiger partial charge in [0.25, 0.3) is 11.8 Å². The van der Waals surface area contributed by atoms with Gasteiger partial charge in [0, 0.05) is 17.3 Å². The summed E-state index contributed by atoms with van der Waals surface area (Å²) in [6.07, 6.45) is -3.77. The summed E-state index contributed by atoms with van der Waals surface area (Å²) in [6, 6.07) is 2.01. The van der Waals surface area contributed by atoms with Crippen LogP contribution in [0.2, 0.25) is 0 Å². The number of nitrogens with one attached hydrogen (secondary N) is 1. The highest BCUT2D eigenvalue weighted by molar-refractivity contribution is 6.18. The zero-order chi connectivity index (χ0) is 15.8. The average molecular weight is 299 g/mol. The van der Waals surface area contributed by atoms with Crippen LogP contribution in [0.25, 0.3) is 0 Å². The van der Waals surface area contributed by atoms with Crippen molar-refractivity contribution in [2.45, 2.75) is 20.0 Å². The van der Waals surface area contributed by atoms with Crippen molar-refractivity contribution >= 4 is 17.6 Å². The lowest BCUT2D eigenvalue weighted by molar-refractivity contribution is -0.138. The molecule has 21 heavy (non-hydrogen) atoms. The Morgan fingerprint density at radius 3 is 2.14 bits per heavy atom. The van der Waals surface area contributed by atoms with Crippen LogP contribution in [-0.4, -0.2) is 28.4 Å². The SMILES string of the molecule is CC1=C(C)C(=O)N(CNc2ccc(C(F)(F)F)cn2)C1=O. The Balaban J connectivity index is 2.02. The fraction of sp³-hybridized carbons (Fsp3) is 0.308. The average Bonchev–Trinajstić information content (AvgIpc) is 2.61. The molecule has 2 heterocycles. The van der Waals surface area contributed by atoms with E-state index in [2.05, 4.69) is 10.3 Å². The van der Waals surface area contributed by atoms with Gasteiger partial charge < -0.3 is 5.32 Å². The number of pyridine rings is 1. The highest BCUT2D eigenvalue weighted by Gasteiger charge is 2.33. The Bertz CT molecular complexity index is 597. The zero-order valence-electron chi connectivity index (χ0n) is 11.3. The molecule has 0 aromatic carbocycles. The number of amides is 2. The van der Waals surface area contributed by atoms with Crippen LogP contribution in [0.15, 0.2) is 29.5 Å². The van der Waals surface area contributed by atoms with Crippen molar-refractivity contribution in [1.82, 2.24) is 9.88 Å². The molecule has 1 aliphatic rings. The van der Waals surface area contributed by atoms with E-state index in [0.29, 0.717) is 17.3 Å². The van der Waals surface area contributed by atoms with E-state index in [-0.39, 0.29) is 12.5 Å². The molecule has 2 rings (SSSR count). The van der Waals surface area contributed by atoms with Crippen molar-refractivity contribution in [3.63, 3.8) is 0 Å². The Morgan fingerprint density at radius 2 is 1.71 bits per heavy atom. The third-order valence-electron chi connectivity index (χ3n) is 3.20. The quantitative estimate of drug-likeness (QED) is 0.869. The normalized spacial score (nSPS) is 16.0. The second-order valence-corrected chi connectivity index (χ2v) is 4.55. The molecule has 112 valence electrons. The largest absolute Gasteiger partial charge is 0.417 e. The summed E-state index contributed by atoms with van der Waals surface area (Å²) >= 11 is 0. The van der Waals surface area contributed by atoms with Crippen LogP contribution in [0.4, 0.5) is 19.0 Å². The molecule has 0 atom stereocenters. The highest BCUT2D eigenvalue weighted by Crippen LogP contribution is 2.28. The predicted molar refractivity (Wildman–Crippen MR) is 68.0 cm³/mol. The van der Waals surface area contributed by atoms with E-state index in [0.717, 1.165) is 17.0 Å². The molecule has 1 N–H and O–H groups in total. The summed E-state index contributed by atoms with van der Waals surface area (Å²) in [5.74, 6) is -0.695. The van der Waals surface area contributed by atoms with Crippen molar-refractivity contribution in [2.75, 3.05) is 12.0 Å². The molecule has 1 aromatic rings. The summed E-state index contributed by atoms with van der Waals surface area (Å²) in [5, 5.41) is 2.65. The van der Waals surface area contributed by atoms with E-state index in [1.807, 2.05) is 0 Å². The van der Waals surface area contributed by atoms with E-state index in [9.17, 15) is 22.8 Å². The summed E-state index contributed by atoms with van der Waals surface area (Å²) in [6.45, 7) is 2.95. The number of aromatic nitrogens is 1. The smallest absolute Gasteiger partial charge is 0.352 e. The molecule has 0 aliphatic carbocycles. The van der Waals surface area contributed by atoms with Gasteiger partial charge in [0.2, 0.25) is 0 Å². The van der Waals surface area contributed by atoms with Crippen LogP contribution in [0, 0.1) is 0 Å². The van der Waals surface area contributed by atoms with Crippen molar-refractivity contribution in [2.24, 2.45) is 0 Å². The number of nitrogens with zero attached hydrogens (tertiary/aromatic N) is 2. The number of anilines is 1. The highest BCUT2D eigenvalue weighted by atomic mass is 19.4. The first-order valence-electron chi connectivity index (χ1n) is 6.02. The molecule has 5 nitrogen and oxygen atoms in total. The van der Waals surface area contributed by atoms with Gasteiger partial charge in [-0.1, -0.05) is 0 Å². The molecule has 1 aromatic heterocycles. The minimum absolute atomic E-state index is 0.144. The van der Waals surface area contributed by atoms with Crippen LogP contribution in [0.1, 0.15) is 19.4 Å². The maximum atomic E-state index is 12.4. The molecule has 0 fully saturated rings. The first-order chi connectivity index (χ1) is 9.71. The first kappa shape index (κ1) is 15.0. The zero-order valence-corrected chi connectivity index (χ0v) is 11.3. The van der Waals surface area contributed by atoms with Crippen molar-refractivity contribution in [3.05, 3.63) is 35.0 Å². The molecule has 0 saturated heterocycles. The van der Waals surface area contributed by atoms with E-state index in [1.165, 1.54) is 0 Å². The maximum absolute atomic E-state index is 12.4. The Hall–Kier alpha value is -2.38. The second kappa shape index (κ2) is 5.19. The Labute approximate surface area is 118 Å². The van der Waals surface area contributed by atoms with Gasteiger partial charge in [-0.2, -0.15) is 13.2 Å². The van der Waals surface area contributed by atoms with Crippen molar-refractivity contribution in [3.8, 4) is 0 Å². The second-order valence-electron chi connectivity index (χ2n) is 4.55. The number of carbonyl (C=O) groups excluding carboxylic acids is 2. The fourth-order valence-corrected chi connectivity index (χ4v) is 1.79. The Morgan fingerprint density at radius 1 is 1.14 bits per heavy atom. The van der Waals surface area contributed by atoms with Crippen LogP contribution < -0.4 is 5.32 Å². The standard InChI is InChI=1S/C13H12F3N3O2/c1-7-8(2)12(21)19(11(7)20)6-18-10-4-3-9(5-17-10)13(14,15)16/h3-5H,6H2,1-2H3,(H,17,18). The van der Waals surface area contributed by atoms with Crippen molar-refractivity contribution in [1.29, 1.82) is 0 Å². The lowest BCUT2D eigenvalue weighted by atomic mass is 10.2. The first-order valence-corrected chi connectivity index (χ1v) is 6.02. The minimum Gasteiger partial charge on any atom is -0.352 e. The number of imide groups is 1. The van der Waals surface area contributed by atoms with Crippen molar-refractivity contribution < 1.29 is 22.8 Å². The topological polar surface area (TPSA) is 62.3 Å². The molecule has 1 aliphatic heterocycles. The molecule has 2 amide bonds. The van der Waals surface area contributed by atoms with Gasteiger partial charge in [0.1, 0.15) is 5.82 Å². The molecular weight excluding hydrogens is 287 g/mol. The van der Waals surface area contributed by atoms with Crippen LogP contribution in [0.3, 0.4) is 0 Å². The summed E-state index contributed by atoms with van der Waals surface area (Å²) in [5.41, 5.74) is -0.140. The van der Waals surface area contributed by atoms with Gasteiger partial charge in [-0.15, -0.1) is 0 Å². The number of carbonyl (C=O) groups is 2. The number of hydrogen-bond acceptors (Lipinski definition) is 4. The lowest BCUT2D eigenvalue weighted by Gasteiger charge is -2.16. The molecule has 0 bridgehead atoms. The van der Waals surface area contributed by atoms with Gasteiger partial charge in [-0.3, -0.25) is 14.5 Å². The summed E-state index contributed by atoms with van der Waals surface area (Å²) in [4.78, 5) is 28.1. The molecule has 0 spiro atoms. The monoisotopic (exact) mass is 299 g/mol. The molecular formula is C13H12F3N3O2. The van der Waals surface area contributed by atoms with Crippen LogP contribution in [0.5, 0.6) is 0 Å². The van der Waals surface area contributed by atoms with Crippen LogP contribution >= 0.6 is 0 Å². The van der Waals surface area contributed by atoms with Gasteiger partial charge in [-0.05, 0) is 26.0 Å². The summed E-state index contributed by atoms with van der Waals surface area (Å²) < 4.78 is 37.1. The number of hydrogen-bond donors (Lipinski definition) is 1.